The lowest BCUT2D eigenvalue weighted by Crippen LogP contribution is -1.83. The Kier molecular flexibility index (Phi) is 2.79. The van der Waals surface area contributed by atoms with E-state index in [0.29, 0.717) is 11.1 Å². The fraction of sp³-hybridized carbons (Fsp3) is 0. The second-order valence-corrected chi connectivity index (χ2v) is 3.70. The van der Waals surface area contributed by atoms with Crippen LogP contribution in [-0.2, 0) is 0 Å². The van der Waals surface area contributed by atoms with E-state index in [9.17, 15) is 13.9 Å². The van der Waals surface area contributed by atoms with Gasteiger partial charge in [-0.3, -0.25) is 0 Å². The van der Waals surface area contributed by atoms with Crippen LogP contribution in [-0.4, -0.2) is 5.11 Å². The Morgan fingerprint density at radius 2 is 1.44 bits per heavy atom. The molecule has 1 nitrogen and oxygen atoms in total. The normalized spacial score (nSPS) is 10.4. The summed E-state index contributed by atoms with van der Waals surface area (Å²) in [6, 6.07) is 8.04. The van der Waals surface area contributed by atoms with Crippen LogP contribution in [0.3, 0.4) is 0 Å². The molecule has 0 aliphatic carbocycles. The van der Waals surface area contributed by atoms with Gasteiger partial charge in [0.25, 0.3) is 0 Å². The molecule has 0 heterocycles. The lowest BCUT2D eigenvalue weighted by atomic mass is 10.1. The van der Waals surface area contributed by atoms with Crippen molar-refractivity contribution < 1.29 is 13.9 Å². The molecule has 0 fully saturated rings. The van der Waals surface area contributed by atoms with Crippen molar-refractivity contribution in [2.75, 3.05) is 0 Å². The summed E-state index contributed by atoms with van der Waals surface area (Å²) in [5, 5.41) is 9.19. The van der Waals surface area contributed by atoms with Crippen LogP contribution in [0.1, 0.15) is 0 Å². The van der Waals surface area contributed by atoms with Gasteiger partial charge in [0, 0.05) is 0 Å². The standard InChI is InChI=1S/C12H7ClF2O/c13-9-5-7(1-3-10(9)14)8-2-4-11(15)12(16)6-8/h1-6,16H. The van der Waals surface area contributed by atoms with Gasteiger partial charge in [-0.1, -0.05) is 23.7 Å². The molecule has 0 radical (unpaired) electrons. The predicted octanol–water partition coefficient (Wildman–Crippen LogP) is 3.99. The summed E-state index contributed by atoms with van der Waals surface area (Å²) in [6.45, 7) is 0. The zero-order valence-electron chi connectivity index (χ0n) is 8.05. The Bertz CT molecular complexity index is 491. The molecule has 0 amide bonds. The highest BCUT2D eigenvalue weighted by Gasteiger charge is 2.06. The number of hydrogen-bond donors (Lipinski definition) is 1. The molecule has 0 atom stereocenters. The van der Waals surface area contributed by atoms with E-state index in [-0.39, 0.29) is 5.02 Å². The zero-order chi connectivity index (χ0) is 11.7. The summed E-state index contributed by atoms with van der Waals surface area (Å²) < 4.78 is 25.7. The van der Waals surface area contributed by atoms with E-state index >= 15 is 0 Å². The molecule has 0 aromatic heterocycles. The molecular formula is C12H7ClF2O. The first-order valence-corrected chi connectivity index (χ1v) is 4.89. The average Bonchev–Trinajstić information content (AvgIpc) is 2.26. The minimum atomic E-state index is -0.697. The van der Waals surface area contributed by atoms with Gasteiger partial charge in [-0.2, -0.15) is 0 Å². The van der Waals surface area contributed by atoms with E-state index < -0.39 is 17.4 Å². The van der Waals surface area contributed by atoms with Crippen LogP contribution in [0.15, 0.2) is 36.4 Å². The molecule has 2 aromatic rings. The molecule has 1 N–H and O–H groups in total. The van der Waals surface area contributed by atoms with Crippen molar-refractivity contribution in [1.82, 2.24) is 0 Å². The molecular weight excluding hydrogens is 234 g/mol. The Labute approximate surface area is 95.9 Å². The molecule has 2 rings (SSSR count). The van der Waals surface area contributed by atoms with Crippen molar-refractivity contribution in [3.63, 3.8) is 0 Å². The van der Waals surface area contributed by atoms with Crippen molar-refractivity contribution in [3.05, 3.63) is 53.1 Å². The molecule has 0 aliphatic rings. The fourth-order valence-corrected chi connectivity index (χ4v) is 1.55. The molecule has 82 valence electrons. The summed E-state index contributed by atoms with van der Waals surface area (Å²) in [5.74, 6) is -1.66. The zero-order valence-corrected chi connectivity index (χ0v) is 8.80. The Morgan fingerprint density at radius 3 is 2.00 bits per heavy atom. The highest BCUT2D eigenvalue weighted by atomic mass is 35.5. The lowest BCUT2D eigenvalue weighted by molar-refractivity contribution is 0.433. The van der Waals surface area contributed by atoms with Gasteiger partial charge in [-0.05, 0) is 35.4 Å². The summed E-state index contributed by atoms with van der Waals surface area (Å²) >= 11 is 5.62. The van der Waals surface area contributed by atoms with Gasteiger partial charge in [0.1, 0.15) is 5.82 Å². The largest absolute Gasteiger partial charge is 0.505 e. The summed E-state index contributed by atoms with van der Waals surface area (Å²) in [4.78, 5) is 0. The third kappa shape index (κ3) is 1.99. The van der Waals surface area contributed by atoms with Crippen molar-refractivity contribution in [3.8, 4) is 16.9 Å². The summed E-state index contributed by atoms with van der Waals surface area (Å²) in [5.41, 5.74) is 1.18. The number of rotatable bonds is 1. The molecule has 16 heavy (non-hydrogen) atoms. The van der Waals surface area contributed by atoms with Crippen LogP contribution >= 0.6 is 11.6 Å². The summed E-state index contributed by atoms with van der Waals surface area (Å²) in [7, 11) is 0. The Morgan fingerprint density at radius 1 is 0.875 bits per heavy atom. The SMILES string of the molecule is Oc1cc(-c2ccc(F)c(Cl)c2)ccc1F. The van der Waals surface area contributed by atoms with E-state index in [0.717, 1.165) is 6.07 Å². The predicted molar refractivity (Wildman–Crippen MR) is 58.5 cm³/mol. The maximum atomic E-state index is 12.9. The van der Waals surface area contributed by atoms with Crippen LogP contribution < -0.4 is 0 Å². The van der Waals surface area contributed by atoms with Gasteiger partial charge >= 0.3 is 0 Å². The number of hydrogen-bond acceptors (Lipinski definition) is 1. The minimum Gasteiger partial charge on any atom is -0.505 e. The molecule has 0 unspecified atom stereocenters. The Balaban J connectivity index is 2.50. The van der Waals surface area contributed by atoms with Crippen molar-refractivity contribution in [2.45, 2.75) is 0 Å². The van der Waals surface area contributed by atoms with Crippen molar-refractivity contribution >= 4 is 11.6 Å². The topological polar surface area (TPSA) is 20.2 Å². The minimum absolute atomic E-state index is 0.0127. The molecule has 0 saturated carbocycles. The van der Waals surface area contributed by atoms with Crippen LogP contribution in [0.4, 0.5) is 8.78 Å². The van der Waals surface area contributed by atoms with E-state index in [1.54, 1.807) is 0 Å². The van der Waals surface area contributed by atoms with Crippen LogP contribution in [0.25, 0.3) is 11.1 Å². The number of benzene rings is 2. The van der Waals surface area contributed by atoms with E-state index in [1.807, 2.05) is 0 Å². The van der Waals surface area contributed by atoms with Crippen LogP contribution in [0.5, 0.6) is 5.75 Å². The van der Waals surface area contributed by atoms with Crippen molar-refractivity contribution in [2.24, 2.45) is 0 Å². The highest BCUT2D eigenvalue weighted by molar-refractivity contribution is 6.31. The first-order valence-electron chi connectivity index (χ1n) is 4.52. The van der Waals surface area contributed by atoms with Crippen LogP contribution in [0.2, 0.25) is 5.02 Å². The van der Waals surface area contributed by atoms with Gasteiger partial charge < -0.3 is 5.11 Å². The van der Waals surface area contributed by atoms with E-state index in [2.05, 4.69) is 0 Å². The highest BCUT2D eigenvalue weighted by Crippen LogP contribution is 2.28. The number of aromatic hydroxyl groups is 1. The molecule has 2 aromatic carbocycles. The maximum absolute atomic E-state index is 12.9. The smallest absolute Gasteiger partial charge is 0.164 e. The second kappa shape index (κ2) is 4.10. The Hall–Kier alpha value is -1.61. The molecule has 0 bridgehead atoms. The van der Waals surface area contributed by atoms with Gasteiger partial charge in [-0.25, -0.2) is 8.78 Å². The van der Waals surface area contributed by atoms with Crippen LogP contribution in [0, 0.1) is 11.6 Å². The van der Waals surface area contributed by atoms with Gasteiger partial charge in [0.05, 0.1) is 5.02 Å². The molecule has 0 saturated heterocycles. The van der Waals surface area contributed by atoms with Gasteiger partial charge in [0.2, 0.25) is 0 Å². The third-order valence-corrected chi connectivity index (χ3v) is 2.49. The molecule has 0 spiro atoms. The number of halogens is 3. The molecule has 4 heteroatoms. The third-order valence-electron chi connectivity index (χ3n) is 2.20. The fourth-order valence-electron chi connectivity index (χ4n) is 1.37. The average molecular weight is 241 g/mol. The molecule has 0 aliphatic heterocycles. The lowest BCUT2D eigenvalue weighted by Gasteiger charge is -2.04. The van der Waals surface area contributed by atoms with Crippen molar-refractivity contribution in [1.29, 1.82) is 0 Å². The monoisotopic (exact) mass is 240 g/mol. The second-order valence-electron chi connectivity index (χ2n) is 3.30. The first-order chi connectivity index (χ1) is 7.58. The van der Waals surface area contributed by atoms with E-state index in [1.165, 1.54) is 30.3 Å². The van der Waals surface area contributed by atoms with E-state index in [4.69, 9.17) is 11.6 Å². The quantitative estimate of drug-likeness (QED) is 0.799. The first kappa shape index (κ1) is 10.9. The maximum Gasteiger partial charge on any atom is 0.164 e. The van der Waals surface area contributed by atoms with Gasteiger partial charge in [-0.15, -0.1) is 0 Å². The number of phenols is 1. The number of phenolic OH excluding ortho intramolecular Hbond substituents is 1. The van der Waals surface area contributed by atoms with Gasteiger partial charge in [0.15, 0.2) is 11.6 Å². The summed E-state index contributed by atoms with van der Waals surface area (Å²) in [6.07, 6.45) is 0.